The lowest BCUT2D eigenvalue weighted by Crippen LogP contribution is -2.32. The van der Waals surface area contributed by atoms with E-state index in [1.54, 1.807) is 12.1 Å². The Kier molecular flexibility index (Phi) is 5.06. The standard InChI is InChI=1S/C14H16FN3OS/c1-2-7-16-14(20)18-17-12-4-3-8-19-13-6-5-10(15)9-11(12)13/h2,5-6,9H,1,3-4,7-8H2,(H2,16,18,20). The van der Waals surface area contributed by atoms with Gasteiger partial charge in [-0.05, 0) is 43.3 Å². The molecule has 1 aliphatic heterocycles. The molecule has 106 valence electrons. The molecule has 0 radical (unpaired) electrons. The summed E-state index contributed by atoms with van der Waals surface area (Å²) in [5.41, 5.74) is 4.16. The lowest BCUT2D eigenvalue weighted by molar-refractivity contribution is 0.317. The summed E-state index contributed by atoms with van der Waals surface area (Å²) in [6.07, 6.45) is 3.22. The first kappa shape index (κ1) is 14.5. The lowest BCUT2D eigenvalue weighted by atomic mass is 10.1. The van der Waals surface area contributed by atoms with Crippen LogP contribution in [-0.4, -0.2) is 24.0 Å². The summed E-state index contributed by atoms with van der Waals surface area (Å²) in [6, 6.07) is 4.44. The highest BCUT2D eigenvalue weighted by Crippen LogP contribution is 2.25. The molecule has 0 amide bonds. The molecule has 0 spiro atoms. The molecule has 2 N–H and O–H groups in total. The maximum atomic E-state index is 13.4. The second-order valence-corrected chi connectivity index (χ2v) is 4.67. The quantitative estimate of drug-likeness (QED) is 0.510. The molecule has 2 rings (SSSR count). The number of thiocarbonyl (C=S) groups is 1. The van der Waals surface area contributed by atoms with Crippen molar-refractivity contribution in [2.75, 3.05) is 13.2 Å². The number of hydrogen-bond acceptors (Lipinski definition) is 3. The van der Waals surface area contributed by atoms with Crippen LogP contribution in [0.1, 0.15) is 18.4 Å². The Bertz CT molecular complexity index is 545. The van der Waals surface area contributed by atoms with E-state index in [1.165, 1.54) is 12.1 Å². The number of nitrogens with one attached hydrogen (secondary N) is 2. The summed E-state index contributed by atoms with van der Waals surface area (Å²) in [4.78, 5) is 0. The van der Waals surface area contributed by atoms with Gasteiger partial charge in [-0.1, -0.05) is 6.08 Å². The molecular formula is C14H16FN3OS. The van der Waals surface area contributed by atoms with Gasteiger partial charge in [-0.3, -0.25) is 5.43 Å². The number of rotatable bonds is 3. The summed E-state index contributed by atoms with van der Waals surface area (Å²) < 4.78 is 19.0. The SMILES string of the molecule is C=CCNC(=S)NN=C1CCCOc2ccc(F)cc21. The van der Waals surface area contributed by atoms with Gasteiger partial charge in [0.2, 0.25) is 0 Å². The van der Waals surface area contributed by atoms with Crippen molar-refractivity contribution in [3.05, 3.63) is 42.2 Å². The van der Waals surface area contributed by atoms with Crippen molar-refractivity contribution in [2.45, 2.75) is 12.8 Å². The van der Waals surface area contributed by atoms with Crippen LogP contribution in [0.4, 0.5) is 4.39 Å². The van der Waals surface area contributed by atoms with Gasteiger partial charge in [0.15, 0.2) is 5.11 Å². The van der Waals surface area contributed by atoms with E-state index in [0.717, 1.165) is 12.1 Å². The van der Waals surface area contributed by atoms with Gasteiger partial charge in [0, 0.05) is 12.1 Å². The average Bonchev–Trinajstić information content (AvgIpc) is 2.64. The highest BCUT2D eigenvalue weighted by Gasteiger charge is 2.16. The molecule has 0 atom stereocenters. The topological polar surface area (TPSA) is 45.7 Å². The Morgan fingerprint density at radius 1 is 1.55 bits per heavy atom. The molecule has 4 nitrogen and oxygen atoms in total. The Balaban J connectivity index is 2.17. The van der Waals surface area contributed by atoms with Gasteiger partial charge < -0.3 is 10.1 Å². The molecule has 0 fully saturated rings. The predicted octanol–water partition coefficient (Wildman–Crippen LogP) is 2.35. The fourth-order valence-electron chi connectivity index (χ4n) is 1.85. The predicted molar refractivity (Wildman–Crippen MR) is 81.6 cm³/mol. The van der Waals surface area contributed by atoms with Crippen LogP contribution in [0.2, 0.25) is 0 Å². The Hall–Kier alpha value is -1.95. The van der Waals surface area contributed by atoms with Crippen molar-refractivity contribution >= 4 is 23.0 Å². The van der Waals surface area contributed by atoms with Crippen LogP contribution in [0.5, 0.6) is 5.75 Å². The highest BCUT2D eigenvalue weighted by molar-refractivity contribution is 7.80. The molecule has 0 bridgehead atoms. The number of benzene rings is 1. The van der Waals surface area contributed by atoms with E-state index in [-0.39, 0.29) is 5.82 Å². The summed E-state index contributed by atoms with van der Waals surface area (Å²) in [5, 5.41) is 7.58. The summed E-state index contributed by atoms with van der Waals surface area (Å²) in [5.74, 6) is 0.337. The zero-order valence-electron chi connectivity index (χ0n) is 11.0. The average molecular weight is 293 g/mol. The van der Waals surface area contributed by atoms with Crippen molar-refractivity contribution in [3.63, 3.8) is 0 Å². The molecule has 1 aliphatic rings. The fraction of sp³-hybridized carbons (Fsp3) is 0.286. The molecule has 0 saturated carbocycles. The van der Waals surface area contributed by atoms with Crippen molar-refractivity contribution < 1.29 is 9.13 Å². The van der Waals surface area contributed by atoms with Crippen molar-refractivity contribution in [1.29, 1.82) is 0 Å². The van der Waals surface area contributed by atoms with E-state index in [9.17, 15) is 4.39 Å². The molecule has 0 saturated heterocycles. The molecule has 1 heterocycles. The smallest absolute Gasteiger partial charge is 0.187 e. The fourth-order valence-corrected chi connectivity index (χ4v) is 1.98. The Labute approximate surface area is 122 Å². The van der Waals surface area contributed by atoms with Gasteiger partial charge in [-0.25, -0.2) is 4.39 Å². The Morgan fingerprint density at radius 2 is 2.40 bits per heavy atom. The summed E-state index contributed by atoms with van der Waals surface area (Å²) in [7, 11) is 0. The summed E-state index contributed by atoms with van der Waals surface area (Å²) in [6.45, 7) is 4.75. The number of nitrogens with zero attached hydrogens (tertiary/aromatic N) is 1. The van der Waals surface area contributed by atoms with Crippen LogP contribution < -0.4 is 15.5 Å². The molecule has 20 heavy (non-hydrogen) atoms. The summed E-state index contributed by atoms with van der Waals surface area (Å²) >= 11 is 5.06. The van der Waals surface area contributed by atoms with E-state index in [1.807, 2.05) is 0 Å². The Morgan fingerprint density at radius 3 is 3.20 bits per heavy atom. The maximum Gasteiger partial charge on any atom is 0.187 e. The normalized spacial score (nSPS) is 15.8. The van der Waals surface area contributed by atoms with E-state index in [2.05, 4.69) is 22.4 Å². The second kappa shape index (κ2) is 7.00. The second-order valence-electron chi connectivity index (χ2n) is 4.26. The highest BCUT2D eigenvalue weighted by atomic mass is 32.1. The first-order valence-electron chi connectivity index (χ1n) is 6.34. The van der Waals surface area contributed by atoms with E-state index in [0.29, 0.717) is 36.0 Å². The van der Waals surface area contributed by atoms with Gasteiger partial charge in [0.05, 0.1) is 12.3 Å². The van der Waals surface area contributed by atoms with Crippen molar-refractivity contribution in [3.8, 4) is 5.75 Å². The third-order valence-electron chi connectivity index (χ3n) is 2.77. The van der Waals surface area contributed by atoms with Crippen LogP contribution in [0, 0.1) is 5.82 Å². The third kappa shape index (κ3) is 3.77. The van der Waals surface area contributed by atoms with Crippen molar-refractivity contribution in [2.24, 2.45) is 5.10 Å². The van der Waals surface area contributed by atoms with Crippen molar-refractivity contribution in [1.82, 2.24) is 10.7 Å². The number of ether oxygens (including phenoxy) is 1. The first-order valence-corrected chi connectivity index (χ1v) is 6.75. The molecule has 1 aromatic rings. The molecular weight excluding hydrogens is 277 g/mol. The number of hydrogen-bond donors (Lipinski definition) is 2. The van der Waals surface area contributed by atoms with Gasteiger partial charge in [-0.15, -0.1) is 6.58 Å². The largest absolute Gasteiger partial charge is 0.493 e. The van der Waals surface area contributed by atoms with Gasteiger partial charge >= 0.3 is 0 Å². The van der Waals surface area contributed by atoms with Crippen LogP contribution in [-0.2, 0) is 0 Å². The zero-order chi connectivity index (χ0) is 14.4. The minimum atomic E-state index is -0.311. The van der Waals surface area contributed by atoms with E-state index >= 15 is 0 Å². The number of hydrazone groups is 1. The van der Waals surface area contributed by atoms with Crippen LogP contribution >= 0.6 is 12.2 Å². The van der Waals surface area contributed by atoms with Gasteiger partial charge in [-0.2, -0.15) is 5.10 Å². The van der Waals surface area contributed by atoms with Crippen LogP contribution in [0.15, 0.2) is 36.0 Å². The van der Waals surface area contributed by atoms with Crippen LogP contribution in [0.25, 0.3) is 0 Å². The molecule has 1 aromatic carbocycles. The zero-order valence-corrected chi connectivity index (χ0v) is 11.8. The minimum absolute atomic E-state index is 0.311. The van der Waals surface area contributed by atoms with E-state index < -0.39 is 0 Å². The van der Waals surface area contributed by atoms with Gasteiger partial charge in [0.25, 0.3) is 0 Å². The number of halogens is 1. The number of fused-ring (bicyclic) bond motifs is 1. The molecule has 0 unspecified atom stereocenters. The maximum absolute atomic E-state index is 13.4. The monoisotopic (exact) mass is 293 g/mol. The molecule has 0 aliphatic carbocycles. The minimum Gasteiger partial charge on any atom is -0.493 e. The molecule has 6 heteroatoms. The first-order chi connectivity index (χ1) is 9.70. The van der Waals surface area contributed by atoms with Gasteiger partial charge in [0.1, 0.15) is 11.6 Å². The lowest BCUT2D eigenvalue weighted by Gasteiger charge is -2.09. The third-order valence-corrected chi connectivity index (χ3v) is 3.00. The molecule has 0 aromatic heterocycles. The van der Waals surface area contributed by atoms with E-state index in [4.69, 9.17) is 17.0 Å². The van der Waals surface area contributed by atoms with Crippen LogP contribution in [0.3, 0.4) is 0 Å².